The molecule has 1 atom stereocenters. The average Bonchev–Trinajstić information content (AvgIpc) is 2.27. The van der Waals surface area contributed by atoms with Gasteiger partial charge < -0.3 is 10.8 Å². The Labute approximate surface area is 108 Å². The minimum Gasteiger partial charge on any atom is -0.384 e. The van der Waals surface area contributed by atoms with Gasteiger partial charge in [-0.15, -0.1) is 0 Å². The molecule has 7 heteroatoms. The first-order valence-electron chi connectivity index (χ1n) is 5.41. The van der Waals surface area contributed by atoms with E-state index < -0.39 is 17.5 Å². The molecule has 1 aromatic rings. The maximum atomic E-state index is 12.4. The van der Waals surface area contributed by atoms with Crippen LogP contribution < -0.4 is 5.73 Å². The summed E-state index contributed by atoms with van der Waals surface area (Å²) in [7, 11) is 0. The van der Waals surface area contributed by atoms with E-state index >= 15 is 0 Å². The molecule has 0 fully saturated rings. The van der Waals surface area contributed by atoms with Crippen LogP contribution in [0.3, 0.4) is 0 Å². The summed E-state index contributed by atoms with van der Waals surface area (Å²) in [6.45, 7) is 1.69. The average molecular weight is 283 g/mol. The summed E-state index contributed by atoms with van der Waals surface area (Å²) in [4.78, 5) is 3.27. The number of hydrogen-bond acceptors (Lipinski definition) is 3. The first-order valence-corrected chi connectivity index (χ1v) is 5.79. The van der Waals surface area contributed by atoms with E-state index in [1.807, 2.05) is 6.92 Å². The van der Waals surface area contributed by atoms with Gasteiger partial charge in [0.1, 0.15) is 16.4 Å². The maximum absolute atomic E-state index is 12.4. The second kappa shape index (κ2) is 5.42. The number of halogens is 4. The molecule has 3 nitrogen and oxygen atoms in total. The third-order valence-corrected chi connectivity index (χ3v) is 2.93. The molecule has 3 N–H and O–H groups in total. The third kappa shape index (κ3) is 3.13. The third-order valence-electron chi connectivity index (χ3n) is 2.64. The molecule has 1 unspecified atom stereocenters. The zero-order valence-electron chi connectivity index (χ0n) is 9.76. The highest BCUT2D eigenvalue weighted by Crippen LogP contribution is 2.34. The standard InChI is InChI=1S/C11H14ClF3N2O/c1-2-5-10(18,6-16)7-3-4-8(11(13,14)15)17-9(7)12/h3-4,18H,2,5-6,16H2,1H3. The van der Waals surface area contributed by atoms with Crippen LogP contribution >= 0.6 is 11.6 Å². The number of pyridine rings is 1. The molecule has 1 aromatic heterocycles. The number of hydrogen-bond donors (Lipinski definition) is 2. The molecule has 1 heterocycles. The molecule has 0 aliphatic carbocycles. The van der Waals surface area contributed by atoms with Crippen molar-refractivity contribution in [3.63, 3.8) is 0 Å². The highest BCUT2D eigenvalue weighted by Gasteiger charge is 2.35. The van der Waals surface area contributed by atoms with Crippen molar-refractivity contribution in [2.45, 2.75) is 31.5 Å². The van der Waals surface area contributed by atoms with Gasteiger partial charge in [0, 0.05) is 12.1 Å². The number of rotatable bonds is 4. The number of nitrogens with two attached hydrogens (primary N) is 1. The van der Waals surface area contributed by atoms with Crippen LogP contribution in [-0.4, -0.2) is 16.6 Å². The van der Waals surface area contributed by atoms with Crippen LogP contribution in [0.25, 0.3) is 0 Å². The lowest BCUT2D eigenvalue weighted by atomic mass is 9.90. The van der Waals surface area contributed by atoms with Crippen LogP contribution in [0.2, 0.25) is 5.15 Å². The van der Waals surface area contributed by atoms with E-state index in [9.17, 15) is 18.3 Å². The van der Waals surface area contributed by atoms with Crippen LogP contribution in [0.1, 0.15) is 31.0 Å². The Bertz CT molecular complexity index is 425. The van der Waals surface area contributed by atoms with Crippen molar-refractivity contribution in [1.82, 2.24) is 4.98 Å². The monoisotopic (exact) mass is 282 g/mol. The van der Waals surface area contributed by atoms with Crippen LogP contribution in [0.15, 0.2) is 12.1 Å². The number of aliphatic hydroxyl groups is 1. The minimum absolute atomic E-state index is 0.126. The zero-order chi connectivity index (χ0) is 14.0. The lowest BCUT2D eigenvalue weighted by Gasteiger charge is -2.27. The molecule has 0 bridgehead atoms. The molecular weight excluding hydrogens is 269 g/mol. The van der Waals surface area contributed by atoms with Gasteiger partial charge in [0.05, 0.1) is 0 Å². The topological polar surface area (TPSA) is 59.1 Å². The molecule has 0 radical (unpaired) electrons. The van der Waals surface area contributed by atoms with Crippen LogP contribution in [0, 0.1) is 0 Å². The minimum atomic E-state index is -4.56. The molecule has 1 rings (SSSR count). The largest absolute Gasteiger partial charge is 0.433 e. The Morgan fingerprint density at radius 3 is 2.39 bits per heavy atom. The molecule has 0 amide bonds. The molecule has 0 aromatic carbocycles. The predicted octanol–water partition coefficient (Wildman–Crippen LogP) is 2.70. The Morgan fingerprint density at radius 1 is 1.39 bits per heavy atom. The number of nitrogens with zero attached hydrogens (tertiary/aromatic N) is 1. The SMILES string of the molecule is CCCC(O)(CN)c1ccc(C(F)(F)F)nc1Cl. The van der Waals surface area contributed by atoms with Gasteiger partial charge in [0.25, 0.3) is 0 Å². The molecule has 0 spiro atoms. The zero-order valence-corrected chi connectivity index (χ0v) is 10.5. The summed E-state index contributed by atoms with van der Waals surface area (Å²) < 4.78 is 37.3. The molecule has 0 aliphatic heterocycles. The fourth-order valence-electron chi connectivity index (χ4n) is 1.70. The Kier molecular flexibility index (Phi) is 4.58. The first-order chi connectivity index (χ1) is 8.24. The number of alkyl halides is 3. The van der Waals surface area contributed by atoms with Gasteiger partial charge in [-0.05, 0) is 12.5 Å². The van der Waals surface area contributed by atoms with E-state index in [1.165, 1.54) is 0 Å². The Hall–Kier alpha value is -0.850. The molecule has 18 heavy (non-hydrogen) atoms. The molecule has 0 saturated carbocycles. The first kappa shape index (κ1) is 15.2. The van der Waals surface area contributed by atoms with Gasteiger partial charge in [-0.3, -0.25) is 0 Å². The van der Waals surface area contributed by atoms with E-state index in [2.05, 4.69) is 4.98 Å². The Balaban J connectivity index is 3.20. The van der Waals surface area contributed by atoms with Crippen molar-refractivity contribution < 1.29 is 18.3 Å². The van der Waals surface area contributed by atoms with Crippen LogP contribution in [-0.2, 0) is 11.8 Å². The quantitative estimate of drug-likeness (QED) is 0.835. The van der Waals surface area contributed by atoms with E-state index in [0.717, 1.165) is 12.1 Å². The summed E-state index contributed by atoms with van der Waals surface area (Å²) in [5.41, 5.74) is 3.05. The Morgan fingerprint density at radius 2 is 2.00 bits per heavy atom. The van der Waals surface area contributed by atoms with Crippen LogP contribution in [0.5, 0.6) is 0 Å². The molecule has 0 aliphatic rings. The van der Waals surface area contributed by atoms with Crippen molar-refractivity contribution in [2.24, 2.45) is 5.73 Å². The fourth-order valence-corrected chi connectivity index (χ4v) is 2.03. The van der Waals surface area contributed by atoms with E-state index in [0.29, 0.717) is 12.8 Å². The van der Waals surface area contributed by atoms with Gasteiger partial charge in [-0.25, -0.2) is 4.98 Å². The lowest BCUT2D eigenvalue weighted by Crippen LogP contribution is -2.35. The van der Waals surface area contributed by atoms with Gasteiger partial charge >= 0.3 is 6.18 Å². The predicted molar refractivity (Wildman–Crippen MR) is 62.1 cm³/mol. The summed E-state index contributed by atoms with van der Waals surface area (Å²) in [6, 6.07) is 1.91. The van der Waals surface area contributed by atoms with E-state index in [-0.39, 0.29) is 17.3 Å². The van der Waals surface area contributed by atoms with Crippen LogP contribution in [0.4, 0.5) is 13.2 Å². The molecule has 102 valence electrons. The van der Waals surface area contributed by atoms with Crippen molar-refractivity contribution >= 4 is 11.6 Å². The normalized spacial score (nSPS) is 15.5. The van der Waals surface area contributed by atoms with E-state index in [1.54, 1.807) is 0 Å². The highest BCUT2D eigenvalue weighted by atomic mass is 35.5. The fraction of sp³-hybridized carbons (Fsp3) is 0.545. The smallest absolute Gasteiger partial charge is 0.384 e. The van der Waals surface area contributed by atoms with Gasteiger partial charge in [0.15, 0.2) is 0 Å². The lowest BCUT2D eigenvalue weighted by molar-refractivity contribution is -0.141. The summed E-state index contributed by atoms with van der Waals surface area (Å²) >= 11 is 5.71. The summed E-state index contributed by atoms with van der Waals surface area (Å²) in [5.74, 6) is 0. The second-order valence-electron chi connectivity index (χ2n) is 4.02. The highest BCUT2D eigenvalue weighted by molar-refractivity contribution is 6.30. The maximum Gasteiger partial charge on any atom is 0.433 e. The van der Waals surface area contributed by atoms with Crippen molar-refractivity contribution in [2.75, 3.05) is 6.54 Å². The molecular formula is C11H14ClF3N2O. The van der Waals surface area contributed by atoms with Gasteiger partial charge in [-0.2, -0.15) is 13.2 Å². The second-order valence-corrected chi connectivity index (χ2v) is 4.38. The summed E-state index contributed by atoms with van der Waals surface area (Å²) in [6.07, 6.45) is -3.64. The van der Waals surface area contributed by atoms with Gasteiger partial charge in [-0.1, -0.05) is 31.0 Å². The van der Waals surface area contributed by atoms with Crippen molar-refractivity contribution in [1.29, 1.82) is 0 Å². The van der Waals surface area contributed by atoms with Gasteiger partial charge in [0.2, 0.25) is 0 Å². The van der Waals surface area contributed by atoms with Crippen molar-refractivity contribution in [3.05, 3.63) is 28.5 Å². The van der Waals surface area contributed by atoms with E-state index in [4.69, 9.17) is 17.3 Å². The molecule has 0 saturated heterocycles. The number of aromatic nitrogens is 1. The summed E-state index contributed by atoms with van der Waals surface area (Å²) in [5, 5.41) is 9.87. The van der Waals surface area contributed by atoms with Crippen molar-refractivity contribution in [3.8, 4) is 0 Å².